The highest BCUT2D eigenvalue weighted by Crippen LogP contribution is 2.23. The first kappa shape index (κ1) is 22.5. The topological polar surface area (TPSA) is 104 Å². The van der Waals surface area contributed by atoms with Crippen LogP contribution in [0, 0.1) is 6.92 Å². The minimum atomic E-state index is -0.755. The quantitative estimate of drug-likeness (QED) is 0.662. The predicted octanol–water partition coefficient (Wildman–Crippen LogP) is 2.49. The molecule has 3 rings (SSSR count). The minimum Gasteiger partial charge on any atom is -0.462 e. The number of esters is 1. The fourth-order valence-corrected chi connectivity index (χ4v) is 4.06. The van der Waals surface area contributed by atoms with E-state index >= 15 is 0 Å². The van der Waals surface area contributed by atoms with Gasteiger partial charge >= 0.3 is 12.0 Å². The Labute approximate surface area is 185 Å². The van der Waals surface area contributed by atoms with Crippen molar-refractivity contribution >= 4 is 40.1 Å². The lowest BCUT2D eigenvalue weighted by atomic mass is 10.2. The number of carbonyl (C=O) groups is 3. The molecule has 1 atom stereocenters. The summed E-state index contributed by atoms with van der Waals surface area (Å²) in [4.78, 5) is 45.4. The largest absolute Gasteiger partial charge is 0.462 e. The number of carbonyl (C=O) groups excluding carboxylic acids is 3. The molecule has 0 spiro atoms. The Balaban J connectivity index is 1.49. The molecule has 31 heavy (non-hydrogen) atoms. The highest BCUT2D eigenvalue weighted by molar-refractivity contribution is 7.17. The average molecular weight is 446 g/mol. The summed E-state index contributed by atoms with van der Waals surface area (Å²) in [7, 11) is 0. The molecule has 2 aromatic rings. The molecule has 1 aromatic carbocycles. The predicted molar refractivity (Wildman–Crippen MR) is 120 cm³/mol. The van der Waals surface area contributed by atoms with Gasteiger partial charge in [-0.25, -0.2) is 14.6 Å². The Hall–Kier alpha value is -3.14. The summed E-state index contributed by atoms with van der Waals surface area (Å²) in [5, 5.41) is 5.68. The third-order valence-corrected chi connectivity index (χ3v) is 5.96. The second-order valence-corrected chi connectivity index (χ2v) is 8.12. The number of rotatable bonds is 6. The molecule has 10 heteroatoms. The van der Waals surface area contributed by atoms with Crippen molar-refractivity contribution in [1.82, 2.24) is 15.2 Å². The Morgan fingerprint density at radius 2 is 1.84 bits per heavy atom. The van der Waals surface area contributed by atoms with Crippen molar-refractivity contribution in [3.05, 3.63) is 40.9 Å². The van der Waals surface area contributed by atoms with Crippen LogP contribution < -0.4 is 15.5 Å². The first-order chi connectivity index (χ1) is 14.9. The van der Waals surface area contributed by atoms with E-state index in [0.29, 0.717) is 28.8 Å². The van der Waals surface area contributed by atoms with Crippen molar-refractivity contribution in [2.24, 2.45) is 0 Å². The lowest BCUT2D eigenvalue weighted by molar-refractivity contribution is -0.117. The molecule has 1 aliphatic rings. The maximum absolute atomic E-state index is 12.6. The number of thiazole rings is 1. The molecule has 0 aliphatic carbocycles. The van der Waals surface area contributed by atoms with E-state index in [-0.39, 0.29) is 12.6 Å². The van der Waals surface area contributed by atoms with Gasteiger partial charge in [-0.2, -0.15) is 0 Å². The van der Waals surface area contributed by atoms with Crippen molar-refractivity contribution in [2.75, 3.05) is 43.0 Å². The molecule has 1 aliphatic heterocycles. The molecular weight excluding hydrogens is 418 g/mol. The van der Waals surface area contributed by atoms with Crippen molar-refractivity contribution in [3.8, 4) is 0 Å². The van der Waals surface area contributed by atoms with Crippen molar-refractivity contribution in [2.45, 2.75) is 26.8 Å². The molecule has 9 nitrogen and oxygen atoms in total. The third kappa shape index (κ3) is 5.72. The van der Waals surface area contributed by atoms with E-state index in [9.17, 15) is 14.4 Å². The zero-order chi connectivity index (χ0) is 22.4. The molecule has 0 bridgehead atoms. The van der Waals surface area contributed by atoms with E-state index in [0.717, 1.165) is 30.1 Å². The molecule has 1 aromatic heterocycles. The Morgan fingerprint density at radius 3 is 2.48 bits per heavy atom. The minimum absolute atomic E-state index is 0.264. The molecule has 2 N–H and O–H groups in total. The van der Waals surface area contributed by atoms with Crippen LogP contribution in [-0.2, 0) is 9.53 Å². The van der Waals surface area contributed by atoms with Gasteiger partial charge in [-0.1, -0.05) is 29.5 Å². The Kier molecular flexibility index (Phi) is 7.45. The lowest BCUT2D eigenvalue weighted by Crippen LogP contribution is -2.54. The summed E-state index contributed by atoms with van der Waals surface area (Å²) in [5.74, 6) is -0.866. The summed E-state index contributed by atoms with van der Waals surface area (Å²) < 4.78 is 4.98. The van der Waals surface area contributed by atoms with E-state index in [1.807, 2.05) is 18.2 Å². The van der Waals surface area contributed by atoms with Gasteiger partial charge in [0.15, 0.2) is 5.13 Å². The number of piperazine rings is 1. The number of nitrogens with zero attached hydrogens (tertiary/aromatic N) is 3. The highest BCUT2D eigenvalue weighted by atomic mass is 32.1. The molecule has 0 unspecified atom stereocenters. The number of ether oxygens (including phenoxy) is 1. The lowest BCUT2D eigenvalue weighted by Gasteiger charge is -2.36. The van der Waals surface area contributed by atoms with Gasteiger partial charge in [-0.15, -0.1) is 0 Å². The molecule has 0 radical (unpaired) electrons. The van der Waals surface area contributed by atoms with Gasteiger partial charge in [0.05, 0.1) is 12.3 Å². The van der Waals surface area contributed by atoms with Gasteiger partial charge in [0.25, 0.3) is 0 Å². The van der Waals surface area contributed by atoms with Crippen LogP contribution in [0.15, 0.2) is 30.3 Å². The SMILES string of the molecule is CCOC(=O)c1sc(NC(=O)[C@@H](C)NC(=O)N2CCN(c3ccccc3)CC2)nc1C. The zero-order valence-electron chi connectivity index (χ0n) is 17.9. The van der Waals surface area contributed by atoms with E-state index in [1.54, 1.807) is 25.7 Å². The normalized spacial score (nSPS) is 14.7. The molecule has 166 valence electrons. The molecule has 3 amide bonds. The summed E-state index contributed by atoms with van der Waals surface area (Å²) in [6, 6.07) is 9.03. The van der Waals surface area contributed by atoms with Gasteiger partial charge in [0, 0.05) is 31.9 Å². The van der Waals surface area contributed by atoms with Gasteiger partial charge < -0.3 is 25.2 Å². The number of benzene rings is 1. The molecule has 2 heterocycles. The van der Waals surface area contributed by atoms with E-state index in [2.05, 4.69) is 32.7 Å². The van der Waals surface area contributed by atoms with Gasteiger partial charge in [0.1, 0.15) is 10.9 Å². The summed E-state index contributed by atoms with van der Waals surface area (Å²) in [6.07, 6.45) is 0. The first-order valence-electron chi connectivity index (χ1n) is 10.2. The highest BCUT2D eigenvalue weighted by Gasteiger charge is 2.25. The van der Waals surface area contributed by atoms with Gasteiger partial charge in [-0.3, -0.25) is 4.79 Å². The van der Waals surface area contributed by atoms with Crippen LogP contribution in [0.25, 0.3) is 0 Å². The molecule has 1 saturated heterocycles. The van der Waals surface area contributed by atoms with Crippen LogP contribution in [0.3, 0.4) is 0 Å². The number of anilines is 2. The van der Waals surface area contributed by atoms with Crippen LogP contribution in [-0.4, -0.2) is 66.6 Å². The number of nitrogens with one attached hydrogen (secondary N) is 2. The smallest absolute Gasteiger partial charge is 0.350 e. The fourth-order valence-electron chi connectivity index (χ4n) is 3.20. The van der Waals surface area contributed by atoms with Gasteiger partial charge in [-0.05, 0) is 32.9 Å². The number of aromatic nitrogens is 1. The molecule has 0 saturated carbocycles. The maximum atomic E-state index is 12.6. The molecule has 1 fully saturated rings. The Morgan fingerprint density at radius 1 is 1.16 bits per heavy atom. The monoisotopic (exact) mass is 445 g/mol. The van der Waals surface area contributed by atoms with Crippen molar-refractivity contribution in [3.63, 3.8) is 0 Å². The van der Waals surface area contributed by atoms with Crippen molar-refractivity contribution < 1.29 is 19.1 Å². The fraction of sp³-hybridized carbons (Fsp3) is 0.429. The van der Waals surface area contributed by atoms with E-state index < -0.39 is 17.9 Å². The van der Waals surface area contributed by atoms with Crippen molar-refractivity contribution in [1.29, 1.82) is 0 Å². The number of hydrogen-bond donors (Lipinski definition) is 2. The number of amides is 3. The van der Waals surface area contributed by atoms with Crippen LogP contribution in [0.2, 0.25) is 0 Å². The maximum Gasteiger partial charge on any atom is 0.350 e. The summed E-state index contributed by atoms with van der Waals surface area (Å²) in [6.45, 7) is 7.88. The van der Waals surface area contributed by atoms with E-state index in [1.165, 1.54) is 0 Å². The second kappa shape index (κ2) is 10.3. The van der Waals surface area contributed by atoms with Crippen LogP contribution >= 0.6 is 11.3 Å². The zero-order valence-corrected chi connectivity index (χ0v) is 18.7. The molecular formula is C21H27N5O4S. The Bertz CT molecular complexity index is 925. The average Bonchev–Trinajstić information content (AvgIpc) is 3.14. The first-order valence-corrected chi connectivity index (χ1v) is 11.0. The van der Waals surface area contributed by atoms with Crippen LogP contribution in [0.1, 0.15) is 29.2 Å². The third-order valence-electron chi connectivity index (χ3n) is 4.91. The number of hydrogen-bond acceptors (Lipinski definition) is 7. The number of para-hydroxylation sites is 1. The van der Waals surface area contributed by atoms with E-state index in [4.69, 9.17) is 4.74 Å². The number of urea groups is 1. The summed E-state index contributed by atoms with van der Waals surface area (Å²) in [5.41, 5.74) is 1.63. The number of aryl methyl sites for hydroxylation is 1. The second-order valence-electron chi connectivity index (χ2n) is 7.12. The van der Waals surface area contributed by atoms with Crippen LogP contribution in [0.4, 0.5) is 15.6 Å². The standard InChI is InChI=1S/C21H27N5O4S/c1-4-30-19(28)17-14(2)22-20(31-17)24-18(27)15(3)23-21(29)26-12-10-25(11-13-26)16-8-6-5-7-9-16/h5-9,15H,4,10-13H2,1-3H3,(H,23,29)(H,22,24,27)/t15-/m1/s1. The van der Waals surface area contributed by atoms with Gasteiger partial charge in [0.2, 0.25) is 5.91 Å². The van der Waals surface area contributed by atoms with Crippen LogP contribution in [0.5, 0.6) is 0 Å². The summed E-state index contributed by atoms with van der Waals surface area (Å²) >= 11 is 1.05.